The van der Waals surface area contributed by atoms with Gasteiger partial charge in [-0.15, -0.1) is 0 Å². The van der Waals surface area contributed by atoms with Gasteiger partial charge in [-0.2, -0.15) is 0 Å². The summed E-state index contributed by atoms with van der Waals surface area (Å²) in [5.41, 5.74) is 6.37. The zero-order valence-corrected chi connectivity index (χ0v) is 15.0. The molecule has 2 aromatic rings. The van der Waals surface area contributed by atoms with E-state index in [4.69, 9.17) is 10.2 Å². The summed E-state index contributed by atoms with van der Waals surface area (Å²) >= 11 is 0. The van der Waals surface area contributed by atoms with Crippen molar-refractivity contribution in [3.8, 4) is 0 Å². The van der Waals surface area contributed by atoms with Gasteiger partial charge in [0.15, 0.2) is 0 Å². The lowest BCUT2D eigenvalue weighted by Gasteiger charge is -2.21. The predicted octanol–water partition coefficient (Wildman–Crippen LogP) is 2.50. The highest BCUT2D eigenvalue weighted by Gasteiger charge is 2.14. The second-order valence-electron chi connectivity index (χ2n) is 5.95. The van der Waals surface area contributed by atoms with Gasteiger partial charge in [0.05, 0.1) is 0 Å². The van der Waals surface area contributed by atoms with Gasteiger partial charge in [0.25, 0.3) is 5.91 Å². The van der Waals surface area contributed by atoms with Gasteiger partial charge in [0.1, 0.15) is 11.1 Å². The Morgan fingerprint density at radius 3 is 2.60 bits per heavy atom. The van der Waals surface area contributed by atoms with Crippen molar-refractivity contribution in [3.05, 3.63) is 40.2 Å². The first-order chi connectivity index (χ1) is 12.1. The molecule has 0 radical (unpaired) electrons. The van der Waals surface area contributed by atoms with Gasteiger partial charge in [0, 0.05) is 36.8 Å². The SMILES string of the molecule is CCN(CC)c1ccc2cc(C(=O)NCCCCCN)c(=O)oc2c1. The summed E-state index contributed by atoms with van der Waals surface area (Å²) in [6.45, 7) is 7.07. The summed E-state index contributed by atoms with van der Waals surface area (Å²) in [5, 5.41) is 3.50. The smallest absolute Gasteiger partial charge is 0.349 e. The lowest BCUT2D eigenvalue weighted by atomic mass is 10.1. The Balaban J connectivity index is 2.17. The Morgan fingerprint density at radius 1 is 1.16 bits per heavy atom. The number of hydrogen-bond donors (Lipinski definition) is 2. The molecule has 0 bridgehead atoms. The fraction of sp³-hybridized carbons (Fsp3) is 0.474. The molecule has 0 unspecified atom stereocenters. The van der Waals surface area contributed by atoms with E-state index in [9.17, 15) is 9.59 Å². The maximum atomic E-state index is 12.2. The number of anilines is 1. The fourth-order valence-corrected chi connectivity index (χ4v) is 2.79. The van der Waals surface area contributed by atoms with E-state index in [0.717, 1.165) is 43.4 Å². The highest BCUT2D eigenvalue weighted by molar-refractivity contribution is 5.96. The molecule has 1 aromatic carbocycles. The minimum Gasteiger partial charge on any atom is -0.422 e. The van der Waals surface area contributed by atoms with Crippen LogP contribution in [0.25, 0.3) is 11.0 Å². The molecule has 3 N–H and O–H groups in total. The van der Waals surface area contributed by atoms with E-state index >= 15 is 0 Å². The van der Waals surface area contributed by atoms with Crippen LogP contribution in [0.3, 0.4) is 0 Å². The molecule has 0 saturated heterocycles. The number of nitrogens with one attached hydrogen (secondary N) is 1. The fourth-order valence-electron chi connectivity index (χ4n) is 2.79. The van der Waals surface area contributed by atoms with Gasteiger partial charge >= 0.3 is 5.63 Å². The summed E-state index contributed by atoms with van der Waals surface area (Å²) in [5.74, 6) is -0.392. The quantitative estimate of drug-likeness (QED) is 0.538. The van der Waals surface area contributed by atoms with Crippen LogP contribution in [0.5, 0.6) is 0 Å². The third kappa shape index (κ3) is 4.82. The summed E-state index contributed by atoms with van der Waals surface area (Å²) < 4.78 is 5.38. The first-order valence-electron chi connectivity index (χ1n) is 8.91. The number of rotatable bonds is 9. The van der Waals surface area contributed by atoms with Crippen molar-refractivity contribution >= 4 is 22.6 Å². The van der Waals surface area contributed by atoms with Crippen LogP contribution >= 0.6 is 0 Å². The molecule has 0 saturated carbocycles. The minimum atomic E-state index is -0.608. The highest BCUT2D eigenvalue weighted by Crippen LogP contribution is 2.21. The first kappa shape index (κ1) is 19.0. The van der Waals surface area contributed by atoms with Crippen LogP contribution < -0.4 is 21.6 Å². The van der Waals surface area contributed by atoms with Crippen molar-refractivity contribution in [2.75, 3.05) is 31.1 Å². The van der Waals surface area contributed by atoms with Crippen LogP contribution in [0.1, 0.15) is 43.5 Å². The third-order valence-electron chi connectivity index (χ3n) is 4.26. The van der Waals surface area contributed by atoms with E-state index in [1.54, 1.807) is 6.07 Å². The molecule has 0 atom stereocenters. The lowest BCUT2D eigenvalue weighted by molar-refractivity contribution is 0.0949. The number of nitrogens with two attached hydrogens (primary N) is 1. The number of carbonyl (C=O) groups excluding carboxylic acids is 1. The average Bonchev–Trinajstić information content (AvgIpc) is 2.61. The number of amides is 1. The number of fused-ring (bicyclic) bond motifs is 1. The normalized spacial score (nSPS) is 10.8. The Morgan fingerprint density at radius 2 is 1.92 bits per heavy atom. The summed E-state index contributed by atoms with van der Waals surface area (Å²) in [4.78, 5) is 26.5. The molecule has 2 rings (SSSR count). The predicted molar refractivity (Wildman–Crippen MR) is 101 cm³/mol. The van der Waals surface area contributed by atoms with Crippen LogP contribution in [-0.4, -0.2) is 32.1 Å². The first-order valence-corrected chi connectivity index (χ1v) is 8.91. The topological polar surface area (TPSA) is 88.6 Å². The highest BCUT2D eigenvalue weighted by atomic mass is 16.4. The summed E-state index contributed by atoms with van der Waals surface area (Å²) in [6.07, 6.45) is 2.73. The molecular formula is C19H27N3O3. The Labute approximate surface area is 148 Å². The van der Waals surface area contributed by atoms with Gasteiger partial charge in [-0.05, 0) is 51.4 Å². The number of carbonyl (C=O) groups is 1. The van der Waals surface area contributed by atoms with E-state index in [2.05, 4.69) is 24.1 Å². The van der Waals surface area contributed by atoms with Crippen LogP contribution in [0.4, 0.5) is 5.69 Å². The van der Waals surface area contributed by atoms with Crippen LogP contribution in [0.15, 0.2) is 33.5 Å². The van der Waals surface area contributed by atoms with Crippen molar-refractivity contribution < 1.29 is 9.21 Å². The van der Waals surface area contributed by atoms with E-state index in [0.29, 0.717) is 18.7 Å². The lowest BCUT2D eigenvalue weighted by Crippen LogP contribution is -2.29. The van der Waals surface area contributed by atoms with Crippen LogP contribution in [-0.2, 0) is 0 Å². The minimum absolute atomic E-state index is 0.0434. The Bertz CT molecular complexity index is 766. The van der Waals surface area contributed by atoms with Gasteiger partial charge in [0.2, 0.25) is 0 Å². The molecule has 0 aliphatic rings. The largest absolute Gasteiger partial charge is 0.422 e. The molecule has 1 heterocycles. The molecule has 1 aromatic heterocycles. The molecule has 136 valence electrons. The van der Waals surface area contributed by atoms with Crippen LogP contribution in [0, 0.1) is 0 Å². The number of hydrogen-bond acceptors (Lipinski definition) is 5. The maximum Gasteiger partial charge on any atom is 0.349 e. The second-order valence-corrected chi connectivity index (χ2v) is 5.95. The van der Waals surface area contributed by atoms with Crippen molar-refractivity contribution in [2.24, 2.45) is 5.73 Å². The van der Waals surface area contributed by atoms with Crippen molar-refractivity contribution in [3.63, 3.8) is 0 Å². The maximum absolute atomic E-state index is 12.2. The molecule has 6 nitrogen and oxygen atoms in total. The summed E-state index contributed by atoms with van der Waals surface area (Å²) in [7, 11) is 0. The van der Waals surface area contributed by atoms with E-state index in [1.165, 1.54) is 0 Å². The zero-order chi connectivity index (χ0) is 18.2. The number of unbranched alkanes of at least 4 members (excludes halogenated alkanes) is 2. The molecule has 25 heavy (non-hydrogen) atoms. The molecule has 0 aliphatic heterocycles. The summed E-state index contributed by atoms with van der Waals surface area (Å²) in [6, 6.07) is 7.30. The zero-order valence-electron chi connectivity index (χ0n) is 15.0. The molecular weight excluding hydrogens is 318 g/mol. The molecule has 0 spiro atoms. The van der Waals surface area contributed by atoms with Gasteiger partial charge in [-0.25, -0.2) is 4.79 Å². The average molecular weight is 345 g/mol. The van der Waals surface area contributed by atoms with Gasteiger partial charge in [-0.1, -0.05) is 6.42 Å². The van der Waals surface area contributed by atoms with Crippen molar-refractivity contribution in [2.45, 2.75) is 33.1 Å². The molecule has 1 amide bonds. The van der Waals surface area contributed by atoms with E-state index < -0.39 is 11.5 Å². The standard InChI is InChI=1S/C19H27N3O3/c1-3-22(4-2)15-9-8-14-12-16(19(24)25-17(14)13-15)18(23)21-11-7-5-6-10-20/h8-9,12-13H,3-7,10-11,20H2,1-2H3,(H,21,23). The van der Waals surface area contributed by atoms with Crippen molar-refractivity contribution in [1.29, 1.82) is 0 Å². The number of nitrogens with zero attached hydrogens (tertiary/aromatic N) is 1. The van der Waals surface area contributed by atoms with Crippen LogP contribution in [0.2, 0.25) is 0 Å². The van der Waals surface area contributed by atoms with E-state index in [-0.39, 0.29) is 5.56 Å². The Kier molecular flexibility index (Phi) is 7.01. The van der Waals surface area contributed by atoms with E-state index in [1.807, 2.05) is 18.2 Å². The van der Waals surface area contributed by atoms with Gasteiger partial charge in [-0.3, -0.25) is 4.79 Å². The van der Waals surface area contributed by atoms with Gasteiger partial charge < -0.3 is 20.4 Å². The van der Waals surface area contributed by atoms with Crippen molar-refractivity contribution in [1.82, 2.24) is 5.32 Å². The molecule has 6 heteroatoms. The number of benzene rings is 1. The third-order valence-corrected chi connectivity index (χ3v) is 4.26. The monoisotopic (exact) mass is 345 g/mol. The molecule has 0 aliphatic carbocycles. The molecule has 0 fully saturated rings. The second kappa shape index (κ2) is 9.22. The Hall–Kier alpha value is -2.34.